The van der Waals surface area contributed by atoms with E-state index in [2.05, 4.69) is 48.9 Å². The maximum absolute atomic E-state index is 12.2. The lowest BCUT2D eigenvalue weighted by atomic mass is 10.00. The quantitative estimate of drug-likeness (QED) is 0.503. The summed E-state index contributed by atoms with van der Waals surface area (Å²) in [5, 5.41) is 22.8. The summed E-state index contributed by atoms with van der Waals surface area (Å²) in [6.45, 7) is 4.28. The number of carbonyl (C=O) groups excluding carboxylic acids is 1. The molecule has 0 saturated carbocycles. The van der Waals surface area contributed by atoms with E-state index in [1.54, 1.807) is 6.07 Å². The Balaban J connectivity index is 1.25. The summed E-state index contributed by atoms with van der Waals surface area (Å²) in [5.41, 5.74) is 4.13. The van der Waals surface area contributed by atoms with Gasteiger partial charge < -0.3 is 15.7 Å². The molecule has 1 aromatic heterocycles. The molecule has 8 heteroatoms. The predicted molar refractivity (Wildman–Crippen MR) is 115 cm³/mol. The van der Waals surface area contributed by atoms with Gasteiger partial charge in [0.2, 0.25) is 0 Å². The minimum Gasteiger partial charge on any atom is -0.390 e. The van der Waals surface area contributed by atoms with E-state index in [0.717, 1.165) is 30.9 Å². The molecule has 1 aliphatic rings. The molecule has 0 aliphatic carbocycles. The third kappa shape index (κ3) is 5.03. The molecule has 2 heterocycles. The molecule has 4 rings (SSSR count). The summed E-state index contributed by atoms with van der Waals surface area (Å²) in [6, 6.07) is 15.4. The molecule has 1 aliphatic heterocycles. The van der Waals surface area contributed by atoms with Gasteiger partial charge in [0.1, 0.15) is 5.82 Å². The molecule has 0 saturated heterocycles. The summed E-state index contributed by atoms with van der Waals surface area (Å²) in [5.74, 6) is 1.31. The van der Waals surface area contributed by atoms with E-state index in [1.165, 1.54) is 11.1 Å². The number of aliphatic hydroxyl groups excluding tert-OH is 1. The number of H-pyrrole nitrogens is 1. The summed E-state index contributed by atoms with van der Waals surface area (Å²) in [4.78, 5) is 18.8. The number of aromatic nitrogens is 3. The first-order valence-electron chi connectivity index (χ1n) is 10.1. The molecule has 0 bridgehead atoms. The molecule has 8 nitrogen and oxygen atoms in total. The fourth-order valence-corrected chi connectivity index (χ4v) is 3.67. The number of hydrogen-bond acceptors (Lipinski definition) is 5. The van der Waals surface area contributed by atoms with E-state index in [1.807, 2.05) is 31.2 Å². The molecule has 1 atom stereocenters. The van der Waals surface area contributed by atoms with Crippen molar-refractivity contribution in [1.29, 1.82) is 0 Å². The number of nitrogens with zero attached hydrogens (tertiary/aromatic N) is 3. The number of anilines is 1. The molecule has 3 aromatic rings. The van der Waals surface area contributed by atoms with Gasteiger partial charge in [-0.1, -0.05) is 36.4 Å². The Bertz CT molecular complexity index is 1020. The van der Waals surface area contributed by atoms with Crippen molar-refractivity contribution in [2.24, 2.45) is 0 Å². The first kappa shape index (κ1) is 20.1. The van der Waals surface area contributed by atoms with Crippen molar-refractivity contribution in [1.82, 2.24) is 25.4 Å². The zero-order chi connectivity index (χ0) is 20.9. The topological polar surface area (TPSA) is 106 Å². The van der Waals surface area contributed by atoms with E-state index in [9.17, 15) is 9.90 Å². The van der Waals surface area contributed by atoms with Crippen molar-refractivity contribution in [3.8, 4) is 11.4 Å². The van der Waals surface area contributed by atoms with Crippen molar-refractivity contribution >= 4 is 11.7 Å². The van der Waals surface area contributed by atoms with Gasteiger partial charge in [0.15, 0.2) is 5.82 Å². The summed E-state index contributed by atoms with van der Waals surface area (Å²) >= 11 is 0. The first-order chi connectivity index (χ1) is 14.6. The fraction of sp³-hybridized carbons (Fsp3) is 0.318. The zero-order valence-corrected chi connectivity index (χ0v) is 16.9. The Hall–Kier alpha value is -3.23. The highest BCUT2D eigenvalue weighted by Crippen LogP contribution is 2.20. The van der Waals surface area contributed by atoms with Gasteiger partial charge in [-0.15, -0.1) is 0 Å². The smallest absolute Gasteiger partial charge is 0.319 e. The number of urea groups is 1. The van der Waals surface area contributed by atoms with Crippen LogP contribution < -0.4 is 10.6 Å². The highest BCUT2D eigenvalue weighted by atomic mass is 16.3. The Labute approximate surface area is 175 Å². The van der Waals surface area contributed by atoms with Crippen molar-refractivity contribution < 1.29 is 9.90 Å². The molecular weight excluding hydrogens is 380 g/mol. The van der Waals surface area contributed by atoms with Crippen LogP contribution in [0.25, 0.3) is 11.4 Å². The number of aryl methyl sites for hydroxylation is 1. The SMILES string of the molecule is Cc1nc(-c2cccc(NC(=O)NCC(O)CN3CCc4ccccc4C3)c2)n[nH]1. The van der Waals surface area contributed by atoms with Crippen LogP contribution in [0.2, 0.25) is 0 Å². The Kier molecular flexibility index (Phi) is 6.06. The van der Waals surface area contributed by atoms with E-state index in [0.29, 0.717) is 18.1 Å². The fourth-order valence-electron chi connectivity index (χ4n) is 3.67. The second-order valence-corrected chi connectivity index (χ2v) is 7.57. The number of nitrogens with one attached hydrogen (secondary N) is 3. The van der Waals surface area contributed by atoms with Gasteiger partial charge in [-0.25, -0.2) is 9.78 Å². The molecule has 30 heavy (non-hydrogen) atoms. The second-order valence-electron chi connectivity index (χ2n) is 7.57. The maximum Gasteiger partial charge on any atom is 0.319 e. The number of aliphatic hydroxyl groups is 1. The number of fused-ring (bicyclic) bond motifs is 1. The van der Waals surface area contributed by atoms with Crippen LogP contribution in [0.3, 0.4) is 0 Å². The van der Waals surface area contributed by atoms with Gasteiger partial charge in [0.05, 0.1) is 6.10 Å². The van der Waals surface area contributed by atoms with Crippen molar-refractivity contribution in [3.05, 3.63) is 65.5 Å². The monoisotopic (exact) mass is 406 g/mol. The maximum atomic E-state index is 12.2. The standard InChI is InChI=1S/C22H26N6O2/c1-15-24-21(27-26-15)17-7-4-8-19(11-17)25-22(30)23-12-20(29)14-28-10-9-16-5-2-3-6-18(16)13-28/h2-8,11,20,29H,9-10,12-14H2,1H3,(H2,23,25,30)(H,24,26,27). The van der Waals surface area contributed by atoms with Gasteiger partial charge in [-0.2, -0.15) is 5.10 Å². The summed E-state index contributed by atoms with van der Waals surface area (Å²) in [6.07, 6.45) is 0.348. The lowest BCUT2D eigenvalue weighted by molar-refractivity contribution is 0.106. The van der Waals surface area contributed by atoms with Crippen LogP contribution >= 0.6 is 0 Å². The van der Waals surface area contributed by atoms with Gasteiger partial charge >= 0.3 is 6.03 Å². The number of rotatable bonds is 6. The Morgan fingerprint density at radius 1 is 1.23 bits per heavy atom. The molecule has 156 valence electrons. The van der Waals surface area contributed by atoms with E-state index in [4.69, 9.17) is 0 Å². The molecule has 2 aromatic carbocycles. The van der Waals surface area contributed by atoms with Crippen LogP contribution in [-0.2, 0) is 13.0 Å². The van der Waals surface area contributed by atoms with Gasteiger partial charge in [0, 0.05) is 37.4 Å². The van der Waals surface area contributed by atoms with Crippen LogP contribution in [0.5, 0.6) is 0 Å². The zero-order valence-electron chi connectivity index (χ0n) is 16.9. The van der Waals surface area contributed by atoms with Crippen LogP contribution in [0.15, 0.2) is 48.5 Å². The predicted octanol–water partition coefficient (Wildman–Crippen LogP) is 2.32. The molecule has 0 fully saturated rings. The van der Waals surface area contributed by atoms with Crippen LogP contribution in [0.1, 0.15) is 17.0 Å². The summed E-state index contributed by atoms with van der Waals surface area (Å²) in [7, 11) is 0. The number of carbonyl (C=O) groups is 1. The third-order valence-corrected chi connectivity index (χ3v) is 5.15. The number of aromatic amines is 1. The van der Waals surface area contributed by atoms with Gasteiger partial charge in [-0.05, 0) is 36.6 Å². The molecule has 0 spiro atoms. The first-order valence-corrected chi connectivity index (χ1v) is 10.1. The number of amides is 2. The average molecular weight is 406 g/mol. The van der Waals surface area contributed by atoms with Crippen LogP contribution in [-0.4, -0.2) is 57.0 Å². The summed E-state index contributed by atoms with van der Waals surface area (Å²) < 4.78 is 0. The van der Waals surface area contributed by atoms with Crippen molar-refractivity contribution in [2.75, 3.05) is 25.0 Å². The third-order valence-electron chi connectivity index (χ3n) is 5.15. The lowest BCUT2D eigenvalue weighted by Gasteiger charge is -2.30. The molecule has 2 amide bonds. The average Bonchev–Trinajstić information content (AvgIpc) is 3.19. The molecular formula is C22H26N6O2. The van der Waals surface area contributed by atoms with E-state index in [-0.39, 0.29) is 12.6 Å². The Morgan fingerprint density at radius 2 is 2.07 bits per heavy atom. The molecule has 0 radical (unpaired) electrons. The number of β-amino-alcohol motifs (C(OH)–C–C–N with tert-alkyl or cyclic N) is 1. The highest BCUT2D eigenvalue weighted by molar-refractivity contribution is 5.89. The van der Waals surface area contributed by atoms with E-state index >= 15 is 0 Å². The lowest BCUT2D eigenvalue weighted by Crippen LogP contribution is -2.42. The van der Waals surface area contributed by atoms with Crippen molar-refractivity contribution in [2.45, 2.75) is 26.0 Å². The van der Waals surface area contributed by atoms with Crippen LogP contribution in [0.4, 0.5) is 10.5 Å². The van der Waals surface area contributed by atoms with E-state index < -0.39 is 6.10 Å². The van der Waals surface area contributed by atoms with Gasteiger partial charge in [0.25, 0.3) is 0 Å². The Morgan fingerprint density at radius 3 is 2.87 bits per heavy atom. The van der Waals surface area contributed by atoms with Gasteiger partial charge in [-0.3, -0.25) is 10.00 Å². The minimum absolute atomic E-state index is 0.184. The largest absolute Gasteiger partial charge is 0.390 e. The normalized spacial score (nSPS) is 14.7. The molecule has 4 N–H and O–H groups in total. The minimum atomic E-state index is -0.636. The van der Waals surface area contributed by atoms with Crippen LogP contribution in [0, 0.1) is 6.92 Å². The molecule has 1 unspecified atom stereocenters. The number of hydrogen-bond donors (Lipinski definition) is 4. The number of benzene rings is 2. The van der Waals surface area contributed by atoms with Crippen molar-refractivity contribution in [3.63, 3.8) is 0 Å². The highest BCUT2D eigenvalue weighted by Gasteiger charge is 2.18. The second kappa shape index (κ2) is 9.06.